The van der Waals surface area contributed by atoms with Crippen LogP contribution in [-0.2, 0) is 0 Å². The van der Waals surface area contributed by atoms with Gasteiger partial charge in [0.1, 0.15) is 0 Å². The smallest absolute Gasteiger partial charge is 0.228 e. The largest absolute Gasteiger partial charge is 0.276 e. The van der Waals surface area contributed by atoms with Gasteiger partial charge in [0.15, 0.2) is 0 Å². The van der Waals surface area contributed by atoms with Crippen molar-refractivity contribution in [2.75, 3.05) is 0 Å². The molecule has 0 aromatic carbocycles. The van der Waals surface area contributed by atoms with Crippen LogP contribution in [0.1, 0.15) is 13.8 Å². The second-order valence-corrected chi connectivity index (χ2v) is 6.69. The molecule has 1 saturated heterocycles. The lowest BCUT2D eigenvalue weighted by Gasteiger charge is -1.96. The minimum atomic E-state index is 0.875. The Labute approximate surface area is 69.8 Å². The Morgan fingerprint density at radius 2 is 1.44 bits per heavy atom. The zero-order valence-corrected chi connectivity index (χ0v) is 8.24. The van der Waals surface area contributed by atoms with E-state index in [-0.39, 0.29) is 0 Å². The Balaban J connectivity index is 2.20. The summed E-state index contributed by atoms with van der Waals surface area (Å²) in [6.07, 6.45) is 2.64. The van der Waals surface area contributed by atoms with Crippen molar-refractivity contribution in [1.29, 1.82) is 0 Å². The van der Waals surface area contributed by atoms with Gasteiger partial charge in [0, 0.05) is 0 Å². The SMILES string of the molecule is CCB1SSB(CC)S1. The molecule has 0 N–H and O–H groups in total. The predicted molar refractivity (Wildman–Crippen MR) is 55.2 cm³/mol. The molecule has 0 unspecified atom stereocenters. The summed E-state index contributed by atoms with van der Waals surface area (Å²) in [5.41, 5.74) is 0. The Morgan fingerprint density at radius 3 is 1.67 bits per heavy atom. The molecule has 1 aliphatic rings. The van der Waals surface area contributed by atoms with E-state index < -0.39 is 0 Å². The molecule has 0 nitrogen and oxygen atoms in total. The predicted octanol–water partition coefficient (Wildman–Crippen LogP) is 3.13. The summed E-state index contributed by atoms with van der Waals surface area (Å²) in [5, 5.41) is 1.75. The Hall–Kier alpha value is 1.18. The van der Waals surface area contributed by atoms with E-state index in [4.69, 9.17) is 0 Å². The van der Waals surface area contributed by atoms with E-state index in [2.05, 4.69) is 46.6 Å². The quantitative estimate of drug-likeness (QED) is 0.468. The summed E-state index contributed by atoms with van der Waals surface area (Å²) in [4.78, 5) is 0. The molecule has 50 valence electrons. The normalized spacial score (nSPS) is 19.3. The van der Waals surface area contributed by atoms with Crippen molar-refractivity contribution in [1.82, 2.24) is 0 Å². The van der Waals surface area contributed by atoms with E-state index in [0.29, 0.717) is 0 Å². The van der Waals surface area contributed by atoms with Crippen LogP contribution < -0.4 is 0 Å². The van der Waals surface area contributed by atoms with Crippen LogP contribution in [0.15, 0.2) is 0 Å². The number of rotatable bonds is 2. The third-order valence-electron chi connectivity index (χ3n) is 1.24. The van der Waals surface area contributed by atoms with Crippen molar-refractivity contribution >= 4 is 43.3 Å². The molecule has 0 atom stereocenters. The third-order valence-corrected chi connectivity index (χ3v) is 7.42. The zero-order chi connectivity index (χ0) is 6.69. The first-order valence-electron chi connectivity index (χ1n) is 3.34. The van der Waals surface area contributed by atoms with Crippen LogP contribution in [0.2, 0.25) is 12.6 Å². The summed E-state index contributed by atoms with van der Waals surface area (Å²) in [5.74, 6) is 0. The molecule has 9 heavy (non-hydrogen) atoms. The van der Waals surface area contributed by atoms with Crippen LogP contribution in [0.25, 0.3) is 0 Å². The van der Waals surface area contributed by atoms with Gasteiger partial charge >= 0.3 is 0 Å². The Bertz CT molecular complexity index is 79.9. The maximum Gasteiger partial charge on any atom is 0.276 e. The lowest BCUT2D eigenvalue weighted by atomic mass is 10.0. The van der Waals surface area contributed by atoms with Gasteiger partial charge in [-0.15, -0.1) is 21.3 Å². The second kappa shape index (κ2) is 4.14. The topological polar surface area (TPSA) is 0 Å². The van der Waals surface area contributed by atoms with Crippen LogP contribution in [0.5, 0.6) is 0 Å². The molecule has 1 heterocycles. The van der Waals surface area contributed by atoms with Crippen LogP contribution in [0, 0.1) is 0 Å². The van der Waals surface area contributed by atoms with Crippen molar-refractivity contribution in [2.24, 2.45) is 0 Å². The molecule has 0 spiro atoms. The van der Waals surface area contributed by atoms with E-state index in [9.17, 15) is 0 Å². The van der Waals surface area contributed by atoms with E-state index in [0.717, 1.165) is 10.5 Å². The van der Waals surface area contributed by atoms with Crippen molar-refractivity contribution in [3.63, 3.8) is 0 Å². The van der Waals surface area contributed by atoms with Crippen molar-refractivity contribution in [3.05, 3.63) is 0 Å². The van der Waals surface area contributed by atoms with Gasteiger partial charge in [-0.25, -0.2) is 11.5 Å². The minimum absolute atomic E-state index is 0.875. The molecule has 0 amide bonds. The lowest BCUT2D eigenvalue weighted by molar-refractivity contribution is 1.47. The number of hydrogen-bond donors (Lipinski definition) is 0. The Kier molecular flexibility index (Phi) is 3.81. The molecule has 0 aromatic heterocycles. The fraction of sp³-hybridized carbons (Fsp3) is 1.00. The fourth-order valence-electron chi connectivity index (χ4n) is 0.667. The average molecular weight is 176 g/mol. The van der Waals surface area contributed by atoms with Gasteiger partial charge in [0.2, 0.25) is 0 Å². The molecular weight excluding hydrogens is 166 g/mol. The van der Waals surface area contributed by atoms with Gasteiger partial charge in [-0.2, -0.15) is 0 Å². The average Bonchev–Trinajstić information content (AvgIpc) is 2.34. The maximum absolute atomic E-state index is 2.27. The summed E-state index contributed by atoms with van der Waals surface area (Å²) >= 11 is 2.14. The van der Waals surface area contributed by atoms with Gasteiger partial charge in [-0.05, 0) is 0 Å². The highest BCUT2D eigenvalue weighted by Gasteiger charge is 2.29. The summed E-state index contributed by atoms with van der Waals surface area (Å²) in [6, 6.07) is 0. The molecule has 0 radical (unpaired) electrons. The van der Waals surface area contributed by atoms with Crippen molar-refractivity contribution < 1.29 is 0 Å². The second-order valence-electron chi connectivity index (χ2n) is 2.00. The first kappa shape index (κ1) is 8.28. The standard InChI is InChI=1S/C4H10B2S3/c1-3-5-7-6(4-2)9-8-5/h3-4H2,1-2H3. The first-order valence-corrected chi connectivity index (χ1v) is 6.56. The fourth-order valence-corrected chi connectivity index (χ4v) is 6.48. The van der Waals surface area contributed by atoms with Gasteiger partial charge in [0.25, 0.3) is 10.5 Å². The van der Waals surface area contributed by atoms with Crippen molar-refractivity contribution in [2.45, 2.75) is 26.5 Å². The number of hydrogen-bond acceptors (Lipinski definition) is 3. The summed E-state index contributed by atoms with van der Waals surface area (Å²) in [6.45, 7) is 4.53. The van der Waals surface area contributed by atoms with E-state index in [1.807, 2.05) is 0 Å². The van der Waals surface area contributed by atoms with Gasteiger partial charge < -0.3 is 0 Å². The highest BCUT2D eigenvalue weighted by atomic mass is 33.1. The maximum atomic E-state index is 2.27. The molecule has 0 saturated carbocycles. The van der Waals surface area contributed by atoms with Crippen LogP contribution >= 0.6 is 32.8 Å². The molecular formula is C4H10B2S3. The minimum Gasteiger partial charge on any atom is -0.228 e. The lowest BCUT2D eigenvalue weighted by Crippen LogP contribution is -1.99. The van der Waals surface area contributed by atoms with Crippen molar-refractivity contribution in [3.8, 4) is 0 Å². The van der Waals surface area contributed by atoms with Gasteiger partial charge in [0.05, 0.1) is 0 Å². The highest BCUT2D eigenvalue weighted by molar-refractivity contribution is 9.12. The molecule has 0 aliphatic carbocycles. The van der Waals surface area contributed by atoms with Crippen LogP contribution in [0.3, 0.4) is 0 Å². The summed E-state index contributed by atoms with van der Waals surface area (Å²) in [7, 11) is 4.11. The molecule has 1 rings (SSSR count). The summed E-state index contributed by atoms with van der Waals surface area (Å²) < 4.78 is 0. The van der Waals surface area contributed by atoms with Crippen LogP contribution in [-0.4, -0.2) is 10.5 Å². The van der Waals surface area contributed by atoms with Crippen LogP contribution in [0.4, 0.5) is 0 Å². The zero-order valence-electron chi connectivity index (χ0n) is 5.79. The van der Waals surface area contributed by atoms with E-state index in [1.165, 1.54) is 12.6 Å². The monoisotopic (exact) mass is 176 g/mol. The molecule has 0 bridgehead atoms. The Morgan fingerprint density at radius 1 is 1.00 bits per heavy atom. The third kappa shape index (κ3) is 2.35. The highest BCUT2D eigenvalue weighted by Crippen LogP contribution is 2.48. The van der Waals surface area contributed by atoms with E-state index in [1.54, 1.807) is 0 Å². The first-order chi connectivity index (χ1) is 4.36. The molecule has 5 heteroatoms. The van der Waals surface area contributed by atoms with Gasteiger partial charge in [-0.1, -0.05) is 26.5 Å². The van der Waals surface area contributed by atoms with Gasteiger partial charge in [-0.3, -0.25) is 0 Å². The van der Waals surface area contributed by atoms with E-state index >= 15 is 0 Å². The molecule has 0 aromatic rings. The molecule has 1 fully saturated rings. The molecule has 1 aliphatic heterocycles.